The Bertz CT molecular complexity index is 726. The van der Waals surface area contributed by atoms with Crippen molar-refractivity contribution in [2.24, 2.45) is 0 Å². The minimum absolute atomic E-state index is 0.0180. The number of benzene rings is 1. The number of imidazole rings is 1. The third-order valence-corrected chi connectivity index (χ3v) is 4.19. The van der Waals surface area contributed by atoms with Gasteiger partial charge in [0.1, 0.15) is 11.9 Å². The highest BCUT2D eigenvalue weighted by Gasteiger charge is 2.30. The summed E-state index contributed by atoms with van der Waals surface area (Å²) in [7, 11) is 0. The van der Waals surface area contributed by atoms with Crippen molar-refractivity contribution in [2.45, 2.75) is 25.3 Å². The van der Waals surface area contributed by atoms with Crippen LogP contribution in [-0.2, 0) is 4.79 Å². The van der Waals surface area contributed by atoms with Crippen molar-refractivity contribution in [3.63, 3.8) is 0 Å². The van der Waals surface area contributed by atoms with E-state index >= 15 is 0 Å². The van der Waals surface area contributed by atoms with E-state index in [2.05, 4.69) is 20.6 Å². The molecule has 2 aromatic rings. The van der Waals surface area contributed by atoms with Crippen LogP contribution in [0.5, 0.6) is 0 Å². The van der Waals surface area contributed by atoms with Crippen LogP contribution >= 0.6 is 11.6 Å². The van der Waals surface area contributed by atoms with Crippen molar-refractivity contribution in [1.29, 1.82) is 0 Å². The van der Waals surface area contributed by atoms with E-state index in [0.717, 1.165) is 17.1 Å². The highest BCUT2D eigenvalue weighted by Crippen LogP contribution is 2.28. The Morgan fingerprint density at radius 3 is 2.70 bits per heavy atom. The van der Waals surface area contributed by atoms with E-state index in [1.165, 1.54) is 0 Å². The Morgan fingerprint density at radius 2 is 2.13 bits per heavy atom. The number of carbonyl (C=O) groups excluding carboxylic acids is 2. The maximum atomic E-state index is 12.5. The maximum Gasteiger partial charge on any atom is 0.315 e. The molecule has 6 nitrogen and oxygen atoms in total. The standard InChI is InChI=1S/C16H17ClN4O2/c1-9-18-7-13(20-9)12(10-2-4-11(17)5-3-10)6-15(22)14-8-19-16(23)21-14/h2-5,7,12,14H,6,8H2,1H3,(H,18,20)(H2,19,21,23)/t12?,14-/m0/s1. The molecule has 1 aromatic heterocycles. The molecule has 1 saturated heterocycles. The molecule has 1 aromatic carbocycles. The first-order valence-corrected chi connectivity index (χ1v) is 7.75. The summed E-state index contributed by atoms with van der Waals surface area (Å²) in [5.41, 5.74) is 1.85. The van der Waals surface area contributed by atoms with E-state index in [1.54, 1.807) is 18.3 Å². The predicted octanol–water partition coefficient (Wildman–Crippen LogP) is 2.14. The Hall–Kier alpha value is -2.34. The van der Waals surface area contributed by atoms with Gasteiger partial charge in [-0.2, -0.15) is 0 Å². The van der Waals surface area contributed by atoms with Crippen LogP contribution in [0.15, 0.2) is 30.5 Å². The van der Waals surface area contributed by atoms with Gasteiger partial charge in [-0.05, 0) is 24.6 Å². The molecule has 0 aliphatic carbocycles. The summed E-state index contributed by atoms with van der Waals surface area (Å²) < 4.78 is 0. The first-order chi connectivity index (χ1) is 11.0. The molecule has 0 saturated carbocycles. The van der Waals surface area contributed by atoms with Crippen LogP contribution in [0, 0.1) is 6.92 Å². The van der Waals surface area contributed by atoms with Gasteiger partial charge in [-0.15, -0.1) is 0 Å². The molecular formula is C16H17ClN4O2. The van der Waals surface area contributed by atoms with Crippen molar-refractivity contribution >= 4 is 23.4 Å². The summed E-state index contributed by atoms with van der Waals surface area (Å²) in [6.07, 6.45) is 2.02. The number of Topliss-reactive ketones (excluding diaryl/α,β-unsaturated/α-hetero) is 1. The summed E-state index contributed by atoms with van der Waals surface area (Å²) in [6, 6.07) is 6.63. The van der Waals surface area contributed by atoms with Gasteiger partial charge in [0.05, 0.1) is 0 Å². The molecule has 1 unspecified atom stereocenters. The van der Waals surface area contributed by atoms with Gasteiger partial charge in [0.25, 0.3) is 0 Å². The zero-order valence-electron chi connectivity index (χ0n) is 12.6. The largest absolute Gasteiger partial charge is 0.346 e. The zero-order chi connectivity index (χ0) is 16.4. The number of ketones is 1. The zero-order valence-corrected chi connectivity index (χ0v) is 13.4. The normalized spacial score (nSPS) is 18.3. The number of rotatable bonds is 5. The molecule has 2 amide bonds. The van der Waals surface area contributed by atoms with Gasteiger partial charge in [-0.25, -0.2) is 9.78 Å². The fraction of sp³-hybridized carbons (Fsp3) is 0.312. The molecule has 120 valence electrons. The minimum atomic E-state index is -0.485. The van der Waals surface area contributed by atoms with Crippen LogP contribution < -0.4 is 10.6 Å². The Kier molecular flexibility index (Phi) is 4.34. The fourth-order valence-corrected chi connectivity index (χ4v) is 2.84. The van der Waals surface area contributed by atoms with Crippen LogP contribution in [0.25, 0.3) is 0 Å². The lowest BCUT2D eigenvalue weighted by Crippen LogP contribution is -2.35. The number of hydrogen-bond donors (Lipinski definition) is 3. The van der Waals surface area contributed by atoms with Crippen molar-refractivity contribution in [1.82, 2.24) is 20.6 Å². The highest BCUT2D eigenvalue weighted by atomic mass is 35.5. The van der Waals surface area contributed by atoms with Gasteiger partial charge >= 0.3 is 6.03 Å². The monoisotopic (exact) mass is 332 g/mol. The number of H-pyrrole nitrogens is 1. The van der Waals surface area contributed by atoms with E-state index in [1.807, 2.05) is 19.1 Å². The number of nitrogens with one attached hydrogen (secondary N) is 3. The average Bonchev–Trinajstić information content (AvgIpc) is 3.14. The number of nitrogens with zero attached hydrogens (tertiary/aromatic N) is 1. The van der Waals surface area contributed by atoms with Crippen molar-refractivity contribution in [2.75, 3.05) is 6.54 Å². The first-order valence-electron chi connectivity index (χ1n) is 7.37. The number of halogens is 1. The number of amides is 2. The van der Waals surface area contributed by atoms with Gasteiger partial charge in [0, 0.05) is 35.8 Å². The molecule has 0 radical (unpaired) electrons. The molecule has 3 rings (SSSR count). The Morgan fingerprint density at radius 1 is 1.39 bits per heavy atom. The molecule has 7 heteroatoms. The molecule has 23 heavy (non-hydrogen) atoms. The second-order valence-corrected chi connectivity index (χ2v) is 6.04. The average molecular weight is 333 g/mol. The number of urea groups is 1. The molecule has 0 spiro atoms. The fourth-order valence-electron chi connectivity index (χ4n) is 2.71. The van der Waals surface area contributed by atoms with Gasteiger partial charge in [0.2, 0.25) is 0 Å². The van der Waals surface area contributed by atoms with Gasteiger partial charge in [-0.3, -0.25) is 4.79 Å². The lowest BCUT2D eigenvalue weighted by molar-refractivity contribution is -0.120. The summed E-state index contributed by atoms with van der Waals surface area (Å²) in [4.78, 5) is 31.1. The number of aromatic amines is 1. The van der Waals surface area contributed by atoms with Crippen LogP contribution in [0.2, 0.25) is 5.02 Å². The van der Waals surface area contributed by atoms with Crippen molar-refractivity contribution in [3.05, 3.63) is 52.6 Å². The molecule has 1 aliphatic heterocycles. The van der Waals surface area contributed by atoms with Crippen LogP contribution in [-0.4, -0.2) is 34.4 Å². The quantitative estimate of drug-likeness (QED) is 0.784. The first kappa shape index (κ1) is 15.6. The smallest absolute Gasteiger partial charge is 0.315 e. The molecule has 2 atom stereocenters. The van der Waals surface area contributed by atoms with E-state index < -0.39 is 6.04 Å². The summed E-state index contributed by atoms with van der Waals surface area (Å²) in [5.74, 6) is 0.622. The minimum Gasteiger partial charge on any atom is -0.346 e. The molecule has 2 heterocycles. The summed E-state index contributed by atoms with van der Waals surface area (Å²) >= 11 is 5.95. The SMILES string of the molecule is Cc1ncc(C(CC(=O)[C@@H]2CNC(=O)N2)c2ccc(Cl)cc2)[nH]1. The van der Waals surface area contributed by atoms with Crippen molar-refractivity contribution in [3.8, 4) is 0 Å². The third-order valence-electron chi connectivity index (χ3n) is 3.94. The van der Waals surface area contributed by atoms with Gasteiger partial charge in [0.15, 0.2) is 5.78 Å². The summed E-state index contributed by atoms with van der Waals surface area (Å²) in [5, 5.41) is 5.88. The van der Waals surface area contributed by atoms with E-state index in [-0.39, 0.29) is 24.2 Å². The van der Waals surface area contributed by atoms with Crippen LogP contribution in [0.4, 0.5) is 4.79 Å². The van der Waals surface area contributed by atoms with E-state index in [9.17, 15) is 9.59 Å². The molecule has 1 fully saturated rings. The number of hydrogen-bond acceptors (Lipinski definition) is 3. The topological polar surface area (TPSA) is 86.9 Å². The molecule has 0 bridgehead atoms. The molecular weight excluding hydrogens is 316 g/mol. The second-order valence-electron chi connectivity index (χ2n) is 5.61. The number of aryl methyl sites for hydroxylation is 1. The van der Waals surface area contributed by atoms with E-state index in [4.69, 9.17) is 11.6 Å². The lowest BCUT2D eigenvalue weighted by atomic mass is 9.89. The number of aromatic nitrogens is 2. The van der Waals surface area contributed by atoms with Crippen LogP contribution in [0.1, 0.15) is 29.4 Å². The number of carbonyl (C=O) groups is 2. The van der Waals surface area contributed by atoms with E-state index in [0.29, 0.717) is 11.6 Å². The molecule has 3 N–H and O–H groups in total. The lowest BCUT2D eigenvalue weighted by Gasteiger charge is -2.17. The third kappa shape index (κ3) is 3.53. The maximum absolute atomic E-state index is 12.5. The molecule has 1 aliphatic rings. The van der Waals surface area contributed by atoms with Gasteiger partial charge < -0.3 is 15.6 Å². The van der Waals surface area contributed by atoms with Gasteiger partial charge in [-0.1, -0.05) is 23.7 Å². The van der Waals surface area contributed by atoms with Crippen LogP contribution in [0.3, 0.4) is 0 Å². The second kappa shape index (κ2) is 6.42. The summed E-state index contributed by atoms with van der Waals surface area (Å²) in [6.45, 7) is 2.19. The Labute approximate surface area is 138 Å². The van der Waals surface area contributed by atoms with Crippen molar-refractivity contribution < 1.29 is 9.59 Å². The predicted molar refractivity (Wildman–Crippen MR) is 86.6 cm³/mol. The highest BCUT2D eigenvalue weighted by molar-refractivity contribution is 6.30. The Balaban J connectivity index is 1.84.